The molecule has 5 heteroatoms. The van der Waals surface area contributed by atoms with Crippen LogP contribution >= 0.6 is 11.3 Å². The van der Waals surface area contributed by atoms with Gasteiger partial charge in [-0.2, -0.15) is 0 Å². The van der Waals surface area contributed by atoms with Crippen LogP contribution in [0.1, 0.15) is 5.69 Å². The fourth-order valence-corrected chi connectivity index (χ4v) is 3.29. The Kier molecular flexibility index (Phi) is 2.02. The summed E-state index contributed by atoms with van der Waals surface area (Å²) in [5.74, 6) is 0.733. The zero-order valence-electron chi connectivity index (χ0n) is 10.3. The smallest absolute Gasteiger partial charge is 0.195 e. The van der Waals surface area contributed by atoms with Crippen LogP contribution in [0.4, 0.5) is 5.82 Å². The number of nitrogens with one attached hydrogen (secondary N) is 1. The van der Waals surface area contributed by atoms with Crippen molar-refractivity contribution in [2.75, 3.05) is 5.73 Å². The van der Waals surface area contributed by atoms with Crippen LogP contribution in [0.2, 0.25) is 0 Å². The van der Waals surface area contributed by atoms with Crippen LogP contribution in [-0.2, 0) is 0 Å². The molecule has 3 heterocycles. The average Bonchev–Trinajstić information content (AvgIpc) is 3.03. The lowest BCUT2D eigenvalue weighted by atomic mass is 10.1. The third-order valence-corrected chi connectivity index (χ3v) is 4.24. The number of nitrogens with zero attached hydrogens (tertiary/aromatic N) is 2. The number of nitrogen functional groups attached to an aromatic ring is 1. The van der Waals surface area contributed by atoms with E-state index in [1.165, 1.54) is 5.39 Å². The fourth-order valence-electron chi connectivity index (χ4n) is 2.53. The number of rotatable bonds is 1. The normalized spacial score (nSPS) is 11.6. The monoisotopic (exact) mass is 268 g/mol. The first-order valence-electron chi connectivity index (χ1n) is 6.04. The molecule has 0 radical (unpaired) electrons. The molecule has 3 aromatic heterocycles. The van der Waals surface area contributed by atoms with E-state index in [1.807, 2.05) is 28.1 Å². The van der Waals surface area contributed by atoms with Gasteiger partial charge in [0.1, 0.15) is 5.82 Å². The van der Waals surface area contributed by atoms with E-state index in [0.717, 1.165) is 33.2 Å². The molecule has 94 valence electrons. The zero-order chi connectivity index (χ0) is 13.0. The Labute approximate surface area is 113 Å². The molecular formula is C14H12N4S. The van der Waals surface area contributed by atoms with Gasteiger partial charge in [-0.3, -0.25) is 4.40 Å². The summed E-state index contributed by atoms with van der Waals surface area (Å²) in [5, 5.41) is 3.11. The number of thiazole rings is 1. The molecule has 4 rings (SSSR count). The summed E-state index contributed by atoms with van der Waals surface area (Å²) in [6.07, 6.45) is 2.00. The summed E-state index contributed by atoms with van der Waals surface area (Å²) in [5.41, 5.74) is 10.3. The van der Waals surface area contributed by atoms with Crippen molar-refractivity contribution >= 4 is 33.0 Å². The van der Waals surface area contributed by atoms with Crippen LogP contribution in [0, 0.1) is 6.92 Å². The lowest BCUT2D eigenvalue weighted by Gasteiger charge is -1.96. The largest absolute Gasteiger partial charge is 0.384 e. The summed E-state index contributed by atoms with van der Waals surface area (Å²) in [6, 6.07) is 8.28. The molecule has 0 unspecified atom stereocenters. The number of fused-ring (bicyclic) bond motifs is 2. The van der Waals surface area contributed by atoms with E-state index in [0.29, 0.717) is 0 Å². The van der Waals surface area contributed by atoms with Crippen LogP contribution in [0.15, 0.2) is 35.8 Å². The van der Waals surface area contributed by atoms with Crippen molar-refractivity contribution in [3.05, 3.63) is 41.5 Å². The Morgan fingerprint density at radius 3 is 3.00 bits per heavy atom. The molecule has 0 bridgehead atoms. The number of benzene rings is 1. The second-order valence-corrected chi connectivity index (χ2v) is 5.45. The third-order valence-electron chi connectivity index (χ3n) is 3.39. The Morgan fingerprint density at radius 2 is 2.16 bits per heavy atom. The second kappa shape index (κ2) is 3.61. The number of nitrogens with two attached hydrogens (primary N) is 1. The summed E-state index contributed by atoms with van der Waals surface area (Å²) in [6.45, 7) is 2.08. The number of H-pyrrole nitrogens is 1. The number of hydrogen-bond donors (Lipinski definition) is 2. The first-order chi connectivity index (χ1) is 9.24. The highest BCUT2D eigenvalue weighted by Gasteiger charge is 2.14. The van der Waals surface area contributed by atoms with Crippen LogP contribution in [0.5, 0.6) is 0 Å². The van der Waals surface area contributed by atoms with Crippen molar-refractivity contribution in [3.63, 3.8) is 0 Å². The highest BCUT2D eigenvalue weighted by atomic mass is 32.1. The van der Waals surface area contributed by atoms with Gasteiger partial charge in [0.05, 0.1) is 5.69 Å². The van der Waals surface area contributed by atoms with Gasteiger partial charge in [-0.25, -0.2) is 4.98 Å². The van der Waals surface area contributed by atoms with Crippen molar-refractivity contribution in [3.8, 4) is 11.3 Å². The number of hydrogen-bond acceptors (Lipinski definition) is 3. The van der Waals surface area contributed by atoms with Gasteiger partial charge in [-0.05, 0) is 13.0 Å². The molecule has 3 N–H and O–H groups in total. The van der Waals surface area contributed by atoms with Gasteiger partial charge >= 0.3 is 0 Å². The maximum atomic E-state index is 5.92. The number of aromatic nitrogens is 3. The molecule has 0 fully saturated rings. The first kappa shape index (κ1) is 10.6. The number of imidazole rings is 1. The maximum Gasteiger partial charge on any atom is 0.195 e. The van der Waals surface area contributed by atoms with Crippen molar-refractivity contribution < 1.29 is 0 Å². The average molecular weight is 268 g/mol. The van der Waals surface area contributed by atoms with Crippen molar-refractivity contribution in [2.45, 2.75) is 6.92 Å². The van der Waals surface area contributed by atoms with Gasteiger partial charge in [0.2, 0.25) is 0 Å². The van der Waals surface area contributed by atoms with Crippen LogP contribution in [-0.4, -0.2) is 14.4 Å². The summed E-state index contributed by atoms with van der Waals surface area (Å²) in [7, 11) is 0. The van der Waals surface area contributed by atoms with E-state index < -0.39 is 0 Å². The molecule has 0 amide bonds. The van der Waals surface area contributed by atoms with Gasteiger partial charge < -0.3 is 10.7 Å². The molecule has 0 aliphatic carbocycles. The molecule has 0 spiro atoms. The predicted molar refractivity (Wildman–Crippen MR) is 79.5 cm³/mol. The van der Waals surface area contributed by atoms with Crippen LogP contribution in [0.3, 0.4) is 0 Å². The number of anilines is 1. The van der Waals surface area contributed by atoms with Crippen molar-refractivity contribution in [1.29, 1.82) is 0 Å². The van der Waals surface area contributed by atoms with Gasteiger partial charge in [-0.15, -0.1) is 11.3 Å². The maximum absolute atomic E-state index is 5.92. The van der Waals surface area contributed by atoms with Gasteiger partial charge in [0.25, 0.3) is 0 Å². The minimum atomic E-state index is 0.733. The minimum absolute atomic E-state index is 0.733. The van der Waals surface area contributed by atoms with Crippen LogP contribution < -0.4 is 5.73 Å². The molecule has 0 aliphatic heterocycles. The molecule has 0 atom stereocenters. The molecule has 0 aliphatic rings. The summed E-state index contributed by atoms with van der Waals surface area (Å²) in [4.78, 5) is 9.00. The van der Waals surface area contributed by atoms with Crippen LogP contribution in [0.25, 0.3) is 27.1 Å². The Morgan fingerprint density at radius 1 is 1.32 bits per heavy atom. The second-order valence-electron chi connectivity index (χ2n) is 4.61. The van der Waals surface area contributed by atoms with E-state index in [4.69, 9.17) is 5.73 Å². The topological polar surface area (TPSA) is 59.1 Å². The molecule has 4 nitrogen and oxygen atoms in total. The number of aryl methyl sites for hydroxylation is 1. The Balaban J connectivity index is 2.05. The van der Waals surface area contributed by atoms with Gasteiger partial charge in [0.15, 0.2) is 4.96 Å². The number of aromatic amines is 1. The Hall–Kier alpha value is -2.27. The SMILES string of the molecule is Cc1[nH]c2ccccc2c1-c1cn2c(N)csc2n1. The third kappa shape index (κ3) is 1.42. The predicted octanol–water partition coefficient (Wildman–Crippen LogP) is 3.43. The van der Waals surface area contributed by atoms with Gasteiger partial charge in [0, 0.05) is 33.7 Å². The van der Waals surface area contributed by atoms with E-state index in [2.05, 4.69) is 29.0 Å². The first-order valence-corrected chi connectivity index (χ1v) is 6.92. The highest BCUT2D eigenvalue weighted by Crippen LogP contribution is 2.32. The van der Waals surface area contributed by atoms with Crippen molar-refractivity contribution in [2.24, 2.45) is 0 Å². The molecule has 19 heavy (non-hydrogen) atoms. The lowest BCUT2D eigenvalue weighted by Crippen LogP contribution is -1.87. The molecular weight excluding hydrogens is 256 g/mol. The molecule has 0 saturated heterocycles. The Bertz CT molecular complexity index is 897. The van der Waals surface area contributed by atoms with Gasteiger partial charge in [-0.1, -0.05) is 18.2 Å². The quantitative estimate of drug-likeness (QED) is 0.555. The highest BCUT2D eigenvalue weighted by molar-refractivity contribution is 7.15. The van der Waals surface area contributed by atoms with E-state index in [-0.39, 0.29) is 0 Å². The standard InChI is InChI=1S/C14H12N4S/c1-8-13(9-4-2-3-5-10(9)16-8)11-6-18-12(15)7-19-14(18)17-11/h2-7,16H,15H2,1H3. The molecule has 1 aromatic carbocycles. The number of para-hydroxylation sites is 1. The minimum Gasteiger partial charge on any atom is -0.384 e. The van der Waals surface area contributed by atoms with Crippen molar-refractivity contribution in [1.82, 2.24) is 14.4 Å². The molecule has 4 aromatic rings. The molecule has 0 saturated carbocycles. The summed E-state index contributed by atoms with van der Waals surface area (Å²) >= 11 is 1.56. The van der Waals surface area contributed by atoms with E-state index in [1.54, 1.807) is 11.3 Å². The fraction of sp³-hybridized carbons (Fsp3) is 0.0714. The zero-order valence-corrected chi connectivity index (χ0v) is 11.2. The summed E-state index contributed by atoms with van der Waals surface area (Å²) < 4.78 is 1.93. The lowest BCUT2D eigenvalue weighted by molar-refractivity contribution is 1.24. The van der Waals surface area contributed by atoms with E-state index in [9.17, 15) is 0 Å². The van der Waals surface area contributed by atoms with E-state index >= 15 is 0 Å².